The van der Waals surface area contributed by atoms with E-state index in [0.29, 0.717) is 29.1 Å². The van der Waals surface area contributed by atoms with Crippen LogP contribution in [0.5, 0.6) is 11.5 Å². The molecule has 6 rings (SSSR count). The van der Waals surface area contributed by atoms with Gasteiger partial charge in [0.2, 0.25) is 0 Å². The van der Waals surface area contributed by atoms with Crippen molar-refractivity contribution in [3.63, 3.8) is 0 Å². The van der Waals surface area contributed by atoms with E-state index in [9.17, 15) is 18.8 Å². The van der Waals surface area contributed by atoms with Crippen molar-refractivity contribution in [1.82, 2.24) is 9.78 Å². The highest BCUT2D eigenvalue weighted by Crippen LogP contribution is 2.35. The average molecular weight is 606 g/mol. The molecule has 0 saturated carbocycles. The number of rotatable bonds is 8. The Kier molecular flexibility index (Phi) is 8.42. The Morgan fingerprint density at radius 2 is 1.76 bits per heavy atom. The zero-order chi connectivity index (χ0) is 31.3. The Morgan fingerprint density at radius 1 is 1.00 bits per heavy atom. The maximum Gasteiger partial charge on any atom is 0.340 e. The quantitative estimate of drug-likeness (QED) is 0.185. The van der Waals surface area contributed by atoms with Crippen LogP contribution in [0.2, 0.25) is 0 Å². The fourth-order valence-corrected chi connectivity index (χ4v) is 5.50. The fourth-order valence-electron chi connectivity index (χ4n) is 5.50. The number of halogens is 2. The summed E-state index contributed by atoms with van der Waals surface area (Å²) >= 11 is 0. The van der Waals surface area contributed by atoms with Crippen LogP contribution in [0.1, 0.15) is 40.4 Å². The van der Waals surface area contributed by atoms with E-state index in [4.69, 9.17) is 20.3 Å². The van der Waals surface area contributed by atoms with E-state index in [-0.39, 0.29) is 29.8 Å². The van der Waals surface area contributed by atoms with E-state index in [2.05, 4.69) is 11.0 Å². The lowest BCUT2D eigenvalue weighted by Crippen LogP contribution is -2.38. The van der Waals surface area contributed by atoms with Crippen LogP contribution >= 0.6 is 0 Å². The highest BCUT2D eigenvalue weighted by Gasteiger charge is 2.29. The largest absolute Gasteiger partial charge is 0.457 e. The predicted molar refractivity (Wildman–Crippen MR) is 166 cm³/mol. The van der Waals surface area contributed by atoms with Gasteiger partial charge in [-0.3, -0.25) is 0 Å². The topological polar surface area (TPSA) is 106 Å². The summed E-state index contributed by atoms with van der Waals surface area (Å²) in [6.45, 7) is 1.43. The van der Waals surface area contributed by atoms with Gasteiger partial charge in [-0.05, 0) is 66.9 Å². The Bertz CT molecular complexity index is 1870. The average Bonchev–Trinajstić information content (AvgIpc) is 3.41. The van der Waals surface area contributed by atoms with E-state index < -0.39 is 17.6 Å². The summed E-state index contributed by atoms with van der Waals surface area (Å²) in [5, 5.41) is 14.8. The number of nitrogens with zero attached hydrogens (tertiary/aromatic N) is 4. The molecule has 1 fully saturated rings. The molecule has 0 aliphatic carbocycles. The molecule has 0 amide bonds. The first-order valence-electron chi connectivity index (χ1n) is 14.5. The monoisotopic (exact) mass is 605 g/mol. The van der Waals surface area contributed by atoms with Gasteiger partial charge in [0.25, 0.3) is 0 Å². The van der Waals surface area contributed by atoms with Crippen molar-refractivity contribution in [2.45, 2.75) is 25.5 Å². The molecule has 4 aromatic carbocycles. The fraction of sp³-hybridized carbons (Fsp3) is 0.171. The molecule has 5 aromatic rings. The molecule has 10 heteroatoms. The number of nitrogens with two attached hydrogens (primary N) is 1. The molecule has 1 atom stereocenters. The van der Waals surface area contributed by atoms with E-state index >= 15 is 0 Å². The number of nitrogen functional groups attached to an aromatic ring is 1. The van der Waals surface area contributed by atoms with E-state index in [1.165, 1.54) is 6.07 Å². The third-order valence-corrected chi connectivity index (χ3v) is 7.73. The Hall–Kier alpha value is -5.69. The lowest BCUT2D eigenvalue weighted by atomic mass is 10.0. The maximum atomic E-state index is 14.0. The molecule has 2 N–H and O–H groups in total. The molecule has 1 aliphatic heterocycles. The molecule has 1 aliphatic rings. The van der Waals surface area contributed by atoms with Crippen molar-refractivity contribution in [3.8, 4) is 28.8 Å². The van der Waals surface area contributed by atoms with Gasteiger partial charge >= 0.3 is 5.97 Å². The summed E-state index contributed by atoms with van der Waals surface area (Å²) in [5.41, 5.74) is 9.92. The summed E-state index contributed by atoms with van der Waals surface area (Å²) in [4.78, 5) is 15.2. The van der Waals surface area contributed by atoms with Crippen molar-refractivity contribution >= 4 is 17.5 Å². The molecular weight excluding hydrogens is 576 g/mol. The van der Waals surface area contributed by atoms with Crippen molar-refractivity contribution < 1.29 is 23.0 Å². The first-order valence-corrected chi connectivity index (χ1v) is 14.5. The molecule has 226 valence electrons. The number of aromatic nitrogens is 2. The molecule has 0 spiro atoms. The standard InChI is InChI=1S/C35H29F2N5O3/c36-25-14-17-32(30(37)19-25)45-27-15-12-24(13-16-27)33-29(20-38)34(39)42(40-33)26-9-6-18-41(21-26)31-11-5-4-10-28(31)35(43)44-22-23-7-2-1-3-8-23/h1-5,7-8,10-17,19,26H,6,9,18,21-22,39H2. The molecule has 0 bridgehead atoms. The second-order valence-corrected chi connectivity index (χ2v) is 10.7. The highest BCUT2D eigenvalue weighted by atomic mass is 19.1. The normalized spacial score (nSPS) is 14.5. The lowest BCUT2D eigenvalue weighted by molar-refractivity contribution is 0.0473. The number of carbonyl (C=O) groups is 1. The van der Waals surface area contributed by atoms with E-state index in [0.717, 1.165) is 42.8 Å². The van der Waals surface area contributed by atoms with Crippen molar-refractivity contribution in [3.05, 3.63) is 125 Å². The number of hydrogen-bond donors (Lipinski definition) is 1. The highest BCUT2D eigenvalue weighted by molar-refractivity contribution is 5.96. The number of nitriles is 1. The van der Waals surface area contributed by atoms with Crippen molar-refractivity contribution in [2.75, 3.05) is 23.7 Å². The molecule has 2 heterocycles. The van der Waals surface area contributed by atoms with E-state index in [1.807, 2.05) is 48.5 Å². The Morgan fingerprint density at radius 3 is 2.51 bits per heavy atom. The van der Waals surface area contributed by atoms with Crippen LogP contribution in [0.3, 0.4) is 0 Å². The minimum atomic E-state index is -0.814. The number of piperidine rings is 1. The van der Waals surface area contributed by atoms with E-state index in [1.54, 1.807) is 35.0 Å². The van der Waals surface area contributed by atoms with Gasteiger partial charge in [-0.1, -0.05) is 42.5 Å². The first kappa shape index (κ1) is 29.4. The van der Waals surface area contributed by atoms with Gasteiger partial charge < -0.3 is 20.1 Å². The van der Waals surface area contributed by atoms with Crippen LogP contribution in [0.25, 0.3) is 11.3 Å². The summed E-state index contributed by atoms with van der Waals surface area (Å²) < 4.78 is 40.2. The first-order chi connectivity index (χ1) is 21.9. The van der Waals surface area contributed by atoms with Crippen LogP contribution in [0.4, 0.5) is 20.3 Å². The predicted octanol–water partition coefficient (Wildman–Crippen LogP) is 7.27. The summed E-state index contributed by atoms with van der Waals surface area (Å²) in [7, 11) is 0. The third kappa shape index (κ3) is 6.33. The molecule has 45 heavy (non-hydrogen) atoms. The lowest BCUT2D eigenvalue weighted by Gasteiger charge is -2.35. The number of benzene rings is 4. The number of para-hydroxylation sites is 1. The Labute approximate surface area is 258 Å². The smallest absolute Gasteiger partial charge is 0.340 e. The summed E-state index contributed by atoms with van der Waals surface area (Å²) in [5.74, 6) is -1.44. The van der Waals surface area contributed by atoms with Crippen LogP contribution in [0, 0.1) is 23.0 Å². The number of ether oxygens (including phenoxy) is 2. The third-order valence-electron chi connectivity index (χ3n) is 7.73. The number of hydrogen-bond acceptors (Lipinski definition) is 7. The number of carbonyl (C=O) groups excluding carboxylic acids is 1. The van der Waals surface area contributed by atoms with Gasteiger partial charge in [-0.2, -0.15) is 10.4 Å². The number of esters is 1. The molecule has 0 radical (unpaired) electrons. The van der Waals surface area contributed by atoms with Crippen LogP contribution in [0.15, 0.2) is 97.1 Å². The minimum Gasteiger partial charge on any atom is -0.457 e. The van der Waals surface area contributed by atoms with Crippen molar-refractivity contribution in [1.29, 1.82) is 5.26 Å². The van der Waals surface area contributed by atoms with Crippen LogP contribution in [-0.4, -0.2) is 28.8 Å². The van der Waals surface area contributed by atoms with Gasteiger partial charge in [0, 0.05) is 24.7 Å². The van der Waals surface area contributed by atoms with Gasteiger partial charge in [0.05, 0.1) is 17.3 Å². The SMILES string of the molecule is N#Cc1c(-c2ccc(Oc3ccc(F)cc3F)cc2)nn(C2CCCN(c3ccccc3C(=O)OCc3ccccc3)C2)c1N. The van der Waals surface area contributed by atoms with Crippen LogP contribution in [-0.2, 0) is 11.3 Å². The second kappa shape index (κ2) is 12.9. The zero-order valence-corrected chi connectivity index (χ0v) is 24.2. The van der Waals surface area contributed by atoms with Crippen LogP contribution < -0.4 is 15.4 Å². The molecule has 8 nitrogen and oxygen atoms in total. The number of anilines is 2. The van der Waals surface area contributed by atoms with Crippen molar-refractivity contribution in [2.24, 2.45) is 0 Å². The van der Waals surface area contributed by atoms with Gasteiger partial charge in [0.1, 0.15) is 41.3 Å². The minimum absolute atomic E-state index is 0.108. The summed E-state index contributed by atoms with van der Waals surface area (Å²) in [6.07, 6.45) is 1.60. The molecule has 1 saturated heterocycles. The maximum absolute atomic E-state index is 14.0. The van der Waals surface area contributed by atoms with Gasteiger partial charge in [0.15, 0.2) is 11.6 Å². The van der Waals surface area contributed by atoms with Gasteiger partial charge in [-0.25, -0.2) is 18.3 Å². The molecule has 1 aromatic heterocycles. The summed E-state index contributed by atoms with van der Waals surface area (Å²) in [6, 6.07) is 28.6. The second-order valence-electron chi connectivity index (χ2n) is 10.7. The molecule has 1 unspecified atom stereocenters. The van der Waals surface area contributed by atoms with Gasteiger partial charge in [-0.15, -0.1) is 0 Å². The molecular formula is C35H29F2N5O3. The zero-order valence-electron chi connectivity index (χ0n) is 24.2. The Balaban J connectivity index is 1.20.